The number of aliphatic hydroxyl groups excluding tert-OH is 1. The van der Waals surface area contributed by atoms with E-state index in [0.29, 0.717) is 44.2 Å². The molecule has 2 bridgehead atoms. The first-order chi connectivity index (χ1) is 21.2. The Balaban J connectivity index is 1.45. The normalized spacial score (nSPS) is 35.0. The van der Waals surface area contributed by atoms with Crippen LogP contribution in [0, 0.1) is 39.4 Å². The van der Waals surface area contributed by atoms with Crippen LogP contribution in [0.5, 0.6) is 0 Å². The Kier molecular flexibility index (Phi) is 10.9. The summed E-state index contributed by atoms with van der Waals surface area (Å²) in [7, 11) is 0. The summed E-state index contributed by atoms with van der Waals surface area (Å²) in [6.07, 6.45) is 6.41. The fourth-order valence-electron chi connectivity index (χ4n) is 8.55. The Bertz CT molecular complexity index is 1310. The maximum atomic E-state index is 13.6. The van der Waals surface area contributed by atoms with E-state index in [-0.39, 0.29) is 52.4 Å². The predicted molar refractivity (Wildman–Crippen MR) is 179 cm³/mol. The van der Waals surface area contributed by atoms with Crippen LogP contribution in [0.2, 0.25) is 0 Å². The van der Waals surface area contributed by atoms with Gasteiger partial charge in [-0.15, -0.1) is 18.3 Å². The van der Waals surface area contributed by atoms with Crippen molar-refractivity contribution in [2.45, 2.75) is 109 Å². The van der Waals surface area contributed by atoms with E-state index in [0.717, 1.165) is 24.2 Å². The van der Waals surface area contributed by atoms with Crippen LogP contribution in [-0.4, -0.2) is 52.6 Å². The average molecular weight is 641 g/mol. The number of nitrogens with two attached hydrogens (primary N) is 2. The highest BCUT2D eigenvalue weighted by atomic mass is 32.2. The van der Waals surface area contributed by atoms with Gasteiger partial charge in [-0.1, -0.05) is 46.3 Å². The molecule has 0 heterocycles. The number of anilines is 1. The summed E-state index contributed by atoms with van der Waals surface area (Å²) in [5.74, 6) is -0.431. The van der Waals surface area contributed by atoms with Crippen molar-refractivity contribution in [1.29, 1.82) is 5.41 Å². The van der Waals surface area contributed by atoms with Crippen LogP contribution in [0.3, 0.4) is 0 Å². The van der Waals surface area contributed by atoms with Gasteiger partial charge in [-0.05, 0) is 74.0 Å². The van der Waals surface area contributed by atoms with Gasteiger partial charge in [0, 0.05) is 40.2 Å². The van der Waals surface area contributed by atoms with Crippen LogP contribution in [0.15, 0.2) is 41.8 Å². The summed E-state index contributed by atoms with van der Waals surface area (Å²) < 4.78 is 6.35. The number of Topliss-reactive ketones (excluding diaryl/α,β-unsaturated/α-hetero) is 1. The molecule has 10 heteroatoms. The number of nitrogens with one attached hydrogen (secondary N) is 2. The second-order valence-electron chi connectivity index (χ2n) is 14.2. The predicted octanol–water partition coefficient (Wildman–Crippen LogP) is 5.45. The number of hydrogen-bond donors (Lipinski definition) is 5. The molecule has 3 saturated carbocycles. The Hall–Kier alpha value is -2.69. The Labute approximate surface area is 272 Å². The molecule has 7 N–H and O–H groups in total. The number of ketones is 1. The zero-order chi connectivity index (χ0) is 33.2. The summed E-state index contributed by atoms with van der Waals surface area (Å²) in [5.41, 5.74) is 10.5. The molecule has 3 fully saturated rings. The largest absolute Gasteiger partial charge is 0.461 e. The van der Waals surface area contributed by atoms with Crippen molar-refractivity contribution < 1.29 is 24.2 Å². The lowest BCUT2D eigenvalue weighted by Crippen LogP contribution is -2.63. The number of carbonyl (C=O) groups excluding carboxylic acids is 3. The fraction of sp³-hybridized carbons (Fsp3) is 0.657. The zero-order valence-electron chi connectivity index (χ0n) is 27.3. The van der Waals surface area contributed by atoms with E-state index >= 15 is 0 Å². The molecule has 0 spiro atoms. The van der Waals surface area contributed by atoms with Crippen molar-refractivity contribution in [3.05, 3.63) is 36.9 Å². The first-order valence-corrected chi connectivity index (χ1v) is 17.3. The van der Waals surface area contributed by atoms with Crippen molar-refractivity contribution in [2.24, 2.45) is 45.5 Å². The first-order valence-electron chi connectivity index (χ1n) is 16.3. The van der Waals surface area contributed by atoms with Crippen LogP contribution >= 0.6 is 11.8 Å². The molecule has 248 valence electrons. The van der Waals surface area contributed by atoms with Gasteiger partial charge in [-0.25, -0.2) is 0 Å². The van der Waals surface area contributed by atoms with Crippen molar-refractivity contribution in [3.63, 3.8) is 0 Å². The van der Waals surface area contributed by atoms with Crippen LogP contribution in [0.4, 0.5) is 5.69 Å². The SMILES string of the molecule is C=C[C@]1(C)C[C@@H](OC(=O)CSc2cccc(NC(=O)C(N)CCCCC(=N)N)c2)[C@]2(C)C(C)CCC3(CCC(=O)C32)[C@@H](C)C1O. The first kappa shape index (κ1) is 35.2. The van der Waals surface area contributed by atoms with Gasteiger partial charge in [0.1, 0.15) is 11.9 Å². The van der Waals surface area contributed by atoms with E-state index in [9.17, 15) is 19.5 Å². The van der Waals surface area contributed by atoms with Crippen LogP contribution in [0.25, 0.3) is 0 Å². The second-order valence-corrected chi connectivity index (χ2v) is 15.3. The van der Waals surface area contributed by atoms with Gasteiger partial charge in [-0.3, -0.25) is 19.8 Å². The van der Waals surface area contributed by atoms with Crippen LogP contribution in [0.1, 0.15) is 85.5 Å². The number of amides is 1. The van der Waals surface area contributed by atoms with E-state index in [1.165, 1.54) is 11.8 Å². The highest BCUT2D eigenvalue weighted by Gasteiger charge is 2.68. The molecular formula is C35H52N4O5S. The molecule has 3 aliphatic carbocycles. The van der Waals surface area contributed by atoms with E-state index in [1.54, 1.807) is 18.2 Å². The Morgan fingerprint density at radius 2 is 2.00 bits per heavy atom. The van der Waals surface area contributed by atoms with E-state index < -0.39 is 29.1 Å². The van der Waals surface area contributed by atoms with E-state index in [4.69, 9.17) is 21.6 Å². The minimum Gasteiger partial charge on any atom is -0.461 e. The van der Waals surface area contributed by atoms with Crippen LogP contribution < -0.4 is 16.8 Å². The molecule has 9 nitrogen and oxygen atoms in total. The highest BCUT2D eigenvalue weighted by molar-refractivity contribution is 8.00. The van der Waals surface area contributed by atoms with Crippen molar-refractivity contribution in [3.8, 4) is 0 Å². The van der Waals surface area contributed by atoms with Crippen LogP contribution in [-0.2, 0) is 19.1 Å². The third kappa shape index (κ3) is 7.03. The summed E-state index contributed by atoms with van der Waals surface area (Å²) in [5, 5.41) is 21.9. The number of hydrogen-bond acceptors (Lipinski definition) is 8. The quantitative estimate of drug-likeness (QED) is 0.0502. The number of carbonyl (C=O) groups is 3. The molecule has 0 radical (unpaired) electrons. The lowest BCUT2D eigenvalue weighted by Gasteiger charge is -2.61. The molecule has 0 saturated heterocycles. The smallest absolute Gasteiger partial charge is 0.316 e. The number of benzene rings is 1. The third-order valence-electron chi connectivity index (χ3n) is 11.6. The van der Waals surface area contributed by atoms with Gasteiger partial charge in [0.25, 0.3) is 0 Å². The minimum atomic E-state index is -0.705. The molecule has 5 unspecified atom stereocenters. The second kappa shape index (κ2) is 14.0. The average Bonchev–Trinajstić information content (AvgIpc) is 3.36. The topological polar surface area (TPSA) is 169 Å². The van der Waals surface area contributed by atoms with E-state index in [2.05, 4.69) is 32.7 Å². The molecule has 1 aromatic carbocycles. The Morgan fingerprint density at radius 1 is 1.27 bits per heavy atom. The maximum Gasteiger partial charge on any atom is 0.316 e. The molecule has 4 rings (SSSR count). The third-order valence-corrected chi connectivity index (χ3v) is 12.5. The van der Waals surface area contributed by atoms with Gasteiger partial charge >= 0.3 is 5.97 Å². The van der Waals surface area contributed by atoms with Gasteiger partial charge in [-0.2, -0.15) is 0 Å². The number of aliphatic hydroxyl groups is 1. The number of rotatable bonds is 12. The summed E-state index contributed by atoms with van der Waals surface area (Å²) in [4.78, 5) is 40.5. The molecule has 45 heavy (non-hydrogen) atoms. The number of unbranched alkanes of at least 4 members (excludes halogenated alkanes) is 1. The number of thioether (sulfide) groups is 1. The zero-order valence-corrected chi connectivity index (χ0v) is 28.1. The van der Waals surface area contributed by atoms with Crippen molar-refractivity contribution in [2.75, 3.05) is 11.1 Å². The molecule has 1 amide bonds. The molecule has 9 atom stereocenters. The summed E-state index contributed by atoms with van der Waals surface area (Å²) in [6, 6.07) is 6.58. The van der Waals surface area contributed by atoms with Crippen molar-refractivity contribution >= 4 is 40.9 Å². The van der Waals surface area contributed by atoms with Gasteiger partial charge in [0.2, 0.25) is 5.91 Å². The number of ether oxygens (including phenoxy) is 1. The lowest BCUT2D eigenvalue weighted by atomic mass is 9.44. The molecule has 1 aromatic rings. The minimum absolute atomic E-state index is 0.0571. The molecule has 0 aromatic heterocycles. The summed E-state index contributed by atoms with van der Waals surface area (Å²) >= 11 is 1.32. The number of esters is 1. The Morgan fingerprint density at radius 3 is 2.69 bits per heavy atom. The number of amidine groups is 1. The highest BCUT2D eigenvalue weighted by Crippen LogP contribution is 2.68. The molecule has 3 aliphatic rings. The molecular weight excluding hydrogens is 588 g/mol. The lowest BCUT2D eigenvalue weighted by molar-refractivity contribution is -0.205. The van der Waals surface area contributed by atoms with Crippen molar-refractivity contribution in [1.82, 2.24) is 0 Å². The van der Waals surface area contributed by atoms with Gasteiger partial charge in [0.15, 0.2) is 0 Å². The fourth-order valence-corrected chi connectivity index (χ4v) is 9.28. The summed E-state index contributed by atoms with van der Waals surface area (Å²) in [6.45, 7) is 12.5. The monoisotopic (exact) mass is 640 g/mol. The van der Waals surface area contributed by atoms with Gasteiger partial charge in [0.05, 0.1) is 23.7 Å². The maximum absolute atomic E-state index is 13.6. The van der Waals surface area contributed by atoms with E-state index in [1.807, 2.05) is 19.1 Å². The van der Waals surface area contributed by atoms with Gasteiger partial charge < -0.3 is 26.6 Å². The molecule has 0 aliphatic heterocycles. The standard InChI is InChI=1S/C35H52N4O5S/c1-6-33(4)19-27(34(5)21(2)14-16-35(22(3)31(33)42)17-15-26(40)30(34)35)44-29(41)20-45-24-11-9-10-23(18-24)39-32(43)25(36)12-7-8-13-28(37)38/h6,9-11,18,21-22,25,27,30-31,42H,1,7-8,12-17,19-20,36H2,2-5H3,(H3,37,38)(H,39,43)/t21?,22-,25?,27+,30?,31?,33+,34-,35?/m0/s1.